The molecule has 4 heteroatoms. The average Bonchev–Trinajstić information content (AvgIpc) is 2.16. The zero-order valence-electron chi connectivity index (χ0n) is 9.59. The van der Waals surface area contributed by atoms with Crippen LogP contribution in [0.15, 0.2) is 32.7 Å². The van der Waals surface area contributed by atoms with Gasteiger partial charge in [-0.3, -0.25) is 0 Å². The normalized spacial score (nSPS) is 10.8. The Balaban J connectivity index is 2.92. The predicted molar refractivity (Wildman–Crippen MR) is 68.0 cm³/mol. The van der Waals surface area contributed by atoms with Gasteiger partial charge in [-0.05, 0) is 32.4 Å². The van der Waals surface area contributed by atoms with Crippen molar-refractivity contribution in [3.05, 3.63) is 28.5 Å². The minimum atomic E-state index is -0.329. The Hall–Kier alpha value is -0.990. The first kappa shape index (κ1) is 13.1. The Bertz CT molecular complexity index is 414. The van der Waals surface area contributed by atoms with Crippen LogP contribution in [0.1, 0.15) is 27.2 Å². The van der Waals surface area contributed by atoms with Crippen molar-refractivity contribution in [1.82, 2.24) is 0 Å². The minimum Gasteiger partial charge on any atom is -0.219 e. The molecule has 0 aliphatic heterocycles. The maximum absolute atomic E-state index is 13.0. The van der Waals surface area contributed by atoms with Gasteiger partial charge < -0.3 is 0 Å². The Morgan fingerprint density at radius 2 is 2.06 bits per heavy atom. The molecule has 0 bridgehead atoms. The van der Waals surface area contributed by atoms with E-state index in [9.17, 15) is 4.39 Å². The first-order chi connectivity index (χ1) is 7.43. The van der Waals surface area contributed by atoms with Gasteiger partial charge in [0, 0.05) is 10.5 Å². The number of hydrogen-bond acceptors (Lipinski definition) is 2. The number of benzene rings is 1. The molecule has 16 heavy (non-hydrogen) atoms. The quantitative estimate of drug-likeness (QED) is 0.726. The summed E-state index contributed by atoms with van der Waals surface area (Å²) in [5, 5.41) is 0. The van der Waals surface area contributed by atoms with Gasteiger partial charge in [0.1, 0.15) is 5.82 Å². The smallest absolute Gasteiger partial charge is 0.126 e. The van der Waals surface area contributed by atoms with Crippen LogP contribution in [0.2, 0.25) is 0 Å². The summed E-state index contributed by atoms with van der Waals surface area (Å²) in [5.74, 6) is -0.329. The number of halogens is 2. The molecule has 1 rings (SSSR count). The van der Waals surface area contributed by atoms with Crippen LogP contribution in [0.5, 0.6) is 0 Å². The van der Waals surface area contributed by atoms with Crippen LogP contribution in [0.3, 0.4) is 0 Å². The van der Waals surface area contributed by atoms with Gasteiger partial charge >= 0.3 is 0 Å². The number of hydrogen-bond donors (Lipinski definition) is 0. The third-order valence-corrected chi connectivity index (χ3v) is 2.70. The molecule has 0 N–H and O–H groups in total. The third-order valence-electron chi connectivity index (χ3n) is 2.24. The molecule has 0 heterocycles. The van der Waals surface area contributed by atoms with E-state index in [2.05, 4.69) is 31.9 Å². The highest BCUT2D eigenvalue weighted by atomic mass is 79.9. The van der Waals surface area contributed by atoms with Gasteiger partial charge in [-0.2, -0.15) is 4.99 Å². The van der Waals surface area contributed by atoms with Crippen LogP contribution in [-0.2, 0) is 0 Å². The Morgan fingerprint density at radius 1 is 1.38 bits per heavy atom. The lowest BCUT2D eigenvalue weighted by Crippen LogP contribution is -2.13. The first-order valence-corrected chi connectivity index (χ1v) is 5.86. The second kappa shape index (κ2) is 5.37. The summed E-state index contributed by atoms with van der Waals surface area (Å²) >= 11 is 3.20. The van der Waals surface area contributed by atoms with Gasteiger partial charge in [0.05, 0.1) is 17.2 Å². The lowest BCUT2D eigenvalue weighted by atomic mass is 10.0. The molecule has 0 saturated carbocycles. The van der Waals surface area contributed by atoms with E-state index >= 15 is 0 Å². The number of nitrogens with zero attached hydrogens (tertiary/aromatic N) is 2. The summed E-state index contributed by atoms with van der Waals surface area (Å²) in [5.41, 5.74) is 0.330. The molecule has 1 aromatic carbocycles. The van der Waals surface area contributed by atoms with Crippen molar-refractivity contribution >= 4 is 27.6 Å². The van der Waals surface area contributed by atoms with E-state index in [4.69, 9.17) is 0 Å². The van der Waals surface area contributed by atoms with Crippen LogP contribution >= 0.6 is 15.9 Å². The fourth-order valence-corrected chi connectivity index (χ4v) is 1.35. The molecular weight excluding hydrogens is 271 g/mol. The van der Waals surface area contributed by atoms with Crippen molar-refractivity contribution in [3.8, 4) is 0 Å². The fraction of sp³-hybridized carbons (Fsp3) is 0.417. The summed E-state index contributed by atoms with van der Waals surface area (Å²) in [7, 11) is 0. The van der Waals surface area contributed by atoms with Crippen molar-refractivity contribution in [2.75, 3.05) is 0 Å². The second-order valence-electron chi connectivity index (χ2n) is 4.12. The SMILES string of the molecule is CCC(C)(C)N=C=Nc1cc(F)cc(Br)c1. The monoisotopic (exact) mass is 284 g/mol. The van der Waals surface area contributed by atoms with Crippen LogP contribution in [0, 0.1) is 5.82 Å². The third kappa shape index (κ3) is 4.25. The molecule has 2 nitrogen and oxygen atoms in total. The van der Waals surface area contributed by atoms with Gasteiger partial charge in [0.15, 0.2) is 0 Å². The van der Waals surface area contributed by atoms with Crippen molar-refractivity contribution in [3.63, 3.8) is 0 Å². The van der Waals surface area contributed by atoms with Gasteiger partial charge in [0.2, 0.25) is 0 Å². The number of aliphatic imine (C=N–C) groups is 2. The molecule has 1 aromatic rings. The van der Waals surface area contributed by atoms with Crippen molar-refractivity contribution < 1.29 is 4.39 Å². The standard InChI is InChI=1S/C12H14BrFN2/c1-4-12(2,3)16-8-15-11-6-9(13)5-10(14)7-11/h5-7H,4H2,1-3H3. The molecule has 0 fully saturated rings. The largest absolute Gasteiger partial charge is 0.219 e. The number of rotatable bonds is 3. The fourth-order valence-electron chi connectivity index (χ4n) is 0.901. The van der Waals surface area contributed by atoms with Crippen molar-refractivity contribution in [2.45, 2.75) is 32.7 Å². The molecular formula is C12H14BrFN2. The summed E-state index contributed by atoms with van der Waals surface area (Å²) < 4.78 is 13.7. The Kier molecular flexibility index (Phi) is 4.39. The zero-order valence-corrected chi connectivity index (χ0v) is 11.2. The molecule has 0 amide bonds. The molecule has 0 radical (unpaired) electrons. The van der Waals surface area contributed by atoms with Crippen molar-refractivity contribution in [1.29, 1.82) is 0 Å². The summed E-state index contributed by atoms with van der Waals surface area (Å²) in [6.45, 7) is 6.04. The van der Waals surface area contributed by atoms with E-state index in [1.165, 1.54) is 12.1 Å². The molecule has 0 aliphatic rings. The molecule has 0 aromatic heterocycles. The van der Waals surface area contributed by atoms with Crippen LogP contribution in [0.4, 0.5) is 10.1 Å². The van der Waals surface area contributed by atoms with Gasteiger partial charge in [-0.15, -0.1) is 0 Å². The highest BCUT2D eigenvalue weighted by molar-refractivity contribution is 9.10. The van der Waals surface area contributed by atoms with Gasteiger partial charge in [-0.25, -0.2) is 9.38 Å². The van der Waals surface area contributed by atoms with Gasteiger partial charge in [0.25, 0.3) is 0 Å². The summed E-state index contributed by atoms with van der Waals surface area (Å²) in [4.78, 5) is 8.15. The van der Waals surface area contributed by atoms with E-state index in [0.29, 0.717) is 10.2 Å². The van der Waals surface area contributed by atoms with Crippen molar-refractivity contribution in [2.24, 2.45) is 9.98 Å². The topological polar surface area (TPSA) is 24.7 Å². The van der Waals surface area contributed by atoms with E-state index in [1.807, 2.05) is 20.8 Å². The van der Waals surface area contributed by atoms with Crippen LogP contribution < -0.4 is 0 Å². The second-order valence-corrected chi connectivity index (χ2v) is 5.03. The summed E-state index contributed by atoms with van der Waals surface area (Å²) in [6.07, 6.45) is 0.905. The molecule has 0 spiro atoms. The average molecular weight is 285 g/mol. The van der Waals surface area contributed by atoms with Crippen LogP contribution in [-0.4, -0.2) is 11.5 Å². The molecule has 0 aliphatic carbocycles. The van der Waals surface area contributed by atoms with E-state index in [-0.39, 0.29) is 11.4 Å². The molecule has 86 valence electrons. The first-order valence-electron chi connectivity index (χ1n) is 5.07. The lowest BCUT2D eigenvalue weighted by Gasteiger charge is -2.13. The maximum Gasteiger partial charge on any atom is 0.126 e. The van der Waals surface area contributed by atoms with E-state index < -0.39 is 0 Å². The minimum absolute atomic E-state index is 0.173. The van der Waals surface area contributed by atoms with Gasteiger partial charge in [-0.1, -0.05) is 22.9 Å². The zero-order chi connectivity index (χ0) is 12.2. The highest BCUT2D eigenvalue weighted by Crippen LogP contribution is 2.20. The molecule has 0 atom stereocenters. The summed E-state index contributed by atoms with van der Waals surface area (Å²) in [6, 6.07) is 7.04. The van der Waals surface area contributed by atoms with E-state index in [0.717, 1.165) is 6.42 Å². The Labute approximate surface area is 103 Å². The van der Waals surface area contributed by atoms with E-state index in [1.54, 1.807) is 6.07 Å². The van der Waals surface area contributed by atoms with Crippen LogP contribution in [0.25, 0.3) is 0 Å². The highest BCUT2D eigenvalue weighted by Gasteiger charge is 2.10. The Morgan fingerprint density at radius 3 is 2.62 bits per heavy atom. The molecule has 0 saturated heterocycles. The molecule has 0 unspecified atom stereocenters. The maximum atomic E-state index is 13.0. The lowest BCUT2D eigenvalue weighted by molar-refractivity contribution is 0.508. The predicted octanol–water partition coefficient (Wildman–Crippen LogP) is 4.58.